The van der Waals surface area contributed by atoms with E-state index < -0.39 is 22.9 Å². The fourth-order valence-electron chi connectivity index (χ4n) is 2.08. The summed E-state index contributed by atoms with van der Waals surface area (Å²) >= 11 is 0. The lowest BCUT2D eigenvalue weighted by molar-refractivity contribution is -0.383. The minimum Gasteiger partial charge on any atom is -0.466 e. The van der Waals surface area contributed by atoms with Crippen LogP contribution in [0.15, 0.2) is 34.7 Å². The predicted molar refractivity (Wildman–Crippen MR) is 84.8 cm³/mol. The summed E-state index contributed by atoms with van der Waals surface area (Å²) in [6, 6.07) is 7.22. The number of nitro groups is 1. The quantitative estimate of drug-likeness (QED) is 0.512. The molecule has 126 valence electrons. The normalized spacial score (nSPS) is 11.6. The third kappa shape index (κ3) is 3.78. The molecular weight excluding hydrogens is 316 g/mol. The number of anilines is 1. The first-order valence-electron chi connectivity index (χ1n) is 7.12. The molecule has 0 aliphatic heterocycles. The van der Waals surface area contributed by atoms with Crippen LogP contribution in [0.5, 0.6) is 0 Å². The van der Waals surface area contributed by atoms with Crippen molar-refractivity contribution in [2.45, 2.75) is 26.9 Å². The maximum Gasteiger partial charge on any atom is 0.342 e. The Morgan fingerprint density at radius 3 is 2.54 bits per heavy atom. The summed E-state index contributed by atoms with van der Waals surface area (Å²) in [5, 5.41) is 13.3. The number of para-hydroxylation sites is 2. The number of amides is 1. The molecule has 0 aliphatic rings. The molecule has 0 saturated carbocycles. The van der Waals surface area contributed by atoms with Gasteiger partial charge in [-0.15, -0.1) is 0 Å². The van der Waals surface area contributed by atoms with Crippen molar-refractivity contribution in [3.63, 3.8) is 0 Å². The number of nitro benzene ring substituents is 1. The lowest BCUT2D eigenvalue weighted by atomic mass is 10.2. The van der Waals surface area contributed by atoms with Crippen LogP contribution in [0.1, 0.15) is 28.8 Å². The SMILES string of the molecule is Cc1cc(C(=O)O[C@H](C)C(=O)Nc2ccccc2[N+](=O)[O-])c(C)o1. The van der Waals surface area contributed by atoms with Crippen LogP contribution >= 0.6 is 0 Å². The molecule has 0 spiro atoms. The Kier molecular flexibility index (Phi) is 4.98. The van der Waals surface area contributed by atoms with E-state index >= 15 is 0 Å². The molecule has 2 aromatic rings. The van der Waals surface area contributed by atoms with Gasteiger partial charge in [-0.05, 0) is 32.9 Å². The molecule has 1 N–H and O–H groups in total. The van der Waals surface area contributed by atoms with Crippen LogP contribution in [0.2, 0.25) is 0 Å². The molecule has 1 aromatic carbocycles. The van der Waals surface area contributed by atoms with Crippen LogP contribution in [0.3, 0.4) is 0 Å². The van der Waals surface area contributed by atoms with Crippen molar-refractivity contribution in [1.82, 2.24) is 0 Å². The second-order valence-electron chi connectivity index (χ2n) is 5.14. The van der Waals surface area contributed by atoms with Gasteiger partial charge in [0.15, 0.2) is 6.10 Å². The Morgan fingerprint density at radius 1 is 1.29 bits per heavy atom. The lowest BCUT2D eigenvalue weighted by Gasteiger charge is -2.13. The number of benzene rings is 1. The molecular formula is C16H16N2O6. The highest BCUT2D eigenvalue weighted by molar-refractivity contribution is 5.98. The van der Waals surface area contributed by atoms with Gasteiger partial charge < -0.3 is 14.5 Å². The van der Waals surface area contributed by atoms with Crippen molar-refractivity contribution in [2.24, 2.45) is 0 Å². The number of carbonyl (C=O) groups is 2. The third-order valence-corrected chi connectivity index (χ3v) is 3.27. The number of rotatable bonds is 5. The molecule has 1 heterocycles. The maximum atomic E-state index is 12.1. The van der Waals surface area contributed by atoms with Gasteiger partial charge >= 0.3 is 5.97 Å². The van der Waals surface area contributed by atoms with Gasteiger partial charge in [0, 0.05) is 6.07 Å². The van der Waals surface area contributed by atoms with Crippen LogP contribution in [0.4, 0.5) is 11.4 Å². The minimum atomic E-state index is -1.13. The van der Waals surface area contributed by atoms with E-state index in [0.29, 0.717) is 11.5 Å². The number of esters is 1. The number of furan rings is 1. The van der Waals surface area contributed by atoms with Crippen LogP contribution in [0, 0.1) is 24.0 Å². The smallest absolute Gasteiger partial charge is 0.342 e. The first-order chi connectivity index (χ1) is 11.3. The molecule has 1 amide bonds. The standard InChI is InChI=1S/C16H16N2O6/c1-9-8-12(10(2)23-9)16(20)24-11(3)15(19)17-13-6-4-5-7-14(13)18(21)22/h4-8,11H,1-3H3,(H,17,19)/t11-/m1/s1. The van der Waals surface area contributed by atoms with Crippen molar-refractivity contribution in [3.05, 3.63) is 57.5 Å². The van der Waals surface area contributed by atoms with Crippen LogP contribution in [0.25, 0.3) is 0 Å². The van der Waals surface area contributed by atoms with Crippen molar-refractivity contribution < 1.29 is 23.7 Å². The van der Waals surface area contributed by atoms with Gasteiger partial charge in [-0.2, -0.15) is 0 Å². The molecule has 1 atom stereocenters. The van der Waals surface area contributed by atoms with Gasteiger partial charge in [-0.25, -0.2) is 4.79 Å². The van der Waals surface area contributed by atoms with Gasteiger partial charge in [-0.1, -0.05) is 12.1 Å². The van der Waals surface area contributed by atoms with Gasteiger partial charge in [0.1, 0.15) is 22.8 Å². The highest BCUT2D eigenvalue weighted by atomic mass is 16.6. The van der Waals surface area contributed by atoms with Gasteiger partial charge in [-0.3, -0.25) is 14.9 Å². The van der Waals surface area contributed by atoms with Gasteiger partial charge in [0.25, 0.3) is 11.6 Å². The molecule has 8 heteroatoms. The molecule has 0 unspecified atom stereocenters. The van der Waals surface area contributed by atoms with E-state index in [1.807, 2.05) is 0 Å². The summed E-state index contributed by atoms with van der Waals surface area (Å²) < 4.78 is 10.3. The van der Waals surface area contributed by atoms with E-state index in [-0.39, 0.29) is 16.9 Å². The number of hydrogen-bond acceptors (Lipinski definition) is 6. The van der Waals surface area contributed by atoms with Crippen molar-refractivity contribution in [3.8, 4) is 0 Å². The van der Waals surface area contributed by atoms with Gasteiger partial charge in [0.05, 0.1) is 4.92 Å². The molecule has 24 heavy (non-hydrogen) atoms. The Balaban J connectivity index is 2.06. The number of aryl methyl sites for hydroxylation is 2. The van der Waals surface area contributed by atoms with Crippen molar-refractivity contribution in [2.75, 3.05) is 5.32 Å². The largest absolute Gasteiger partial charge is 0.466 e. The highest BCUT2D eigenvalue weighted by Gasteiger charge is 2.24. The Labute approximate surface area is 137 Å². The van der Waals surface area contributed by atoms with E-state index in [9.17, 15) is 19.7 Å². The highest BCUT2D eigenvalue weighted by Crippen LogP contribution is 2.23. The monoisotopic (exact) mass is 332 g/mol. The molecule has 0 saturated heterocycles. The zero-order valence-electron chi connectivity index (χ0n) is 13.4. The molecule has 0 fully saturated rings. The number of carbonyl (C=O) groups excluding carboxylic acids is 2. The molecule has 0 radical (unpaired) electrons. The Morgan fingerprint density at radius 2 is 1.96 bits per heavy atom. The summed E-state index contributed by atoms with van der Waals surface area (Å²) in [5.74, 6) is -0.426. The molecule has 2 rings (SSSR count). The second-order valence-corrected chi connectivity index (χ2v) is 5.14. The fourth-order valence-corrected chi connectivity index (χ4v) is 2.08. The molecule has 1 aromatic heterocycles. The van der Waals surface area contributed by atoms with E-state index in [1.165, 1.54) is 31.2 Å². The summed E-state index contributed by atoms with van der Waals surface area (Å²) in [5.41, 5.74) is 0.0225. The number of nitrogens with zero attached hydrogens (tertiary/aromatic N) is 1. The predicted octanol–water partition coefficient (Wildman–Crippen LogP) is 2.99. The molecule has 0 bridgehead atoms. The number of hydrogen-bond donors (Lipinski definition) is 1. The average molecular weight is 332 g/mol. The zero-order valence-corrected chi connectivity index (χ0v) is 13.4. The van der Waals surface area contributed by atoms with E-state index in [2.05, 4.69) is 5.32 Å². The van der Waals surface area contributed by atoms with E-state index in [0.717, 1.165) is 0 Å². The lowest BCUT2D eigenvalue weighted by Crippen LogP contribution is -2.30. The first-order valence-corrected chi connectivity index (χ1v) is 7.12. The first kappa shape index (κ1) is 17.2. The average Bonchev–Trinajstić information content (AvgIpc) is 2.86. The second kappa shape index (κ2) is 6.95. The topological polar surface area (TPSA) is 112 Å². The Bertz CT molecular complexity index is 796. The van der Waals surface area contributed by atoms with Crippen molar-refractivity contribution >= 4 is 23.3 Å². The summed E-state index contributed by atoms with van der Waals surface area (Å²) in [7, 11) is 0. The summed E-state index contributed by atoms with van der Waals surface area (Å²) in [4.78, 5) is 34.5. The van der Waals surface area contributed by atoms with Crippen LogP contribution < -0.4 is 5.32 Å². The van der Waals surface area contributed by atoms with Crippen molar-refractivity contribution in [1.29, 1.82) is 0 Å². The van der Waals surface area contributed by atoms with E-state index in [1.54, 1.807) is 19.9 Å². The summed E-state index contributed by atoms with van der Waals surface area (Å²) in [6.45, 7) is 4.68. The molecule has 0 aliphatic carbocycles. The number of nitrogens with one attached hydrogen (secondary N) is 1. The van der Waals surface area contributed by atoms with Crippen LogP contribution in [-0.4, -0.2) is 22.9 Å². The zero-order chi connectivity index (χ0) is 17.9. The van der Waals surface area contributed by atoms with E-state index in [4.69, 9.17) is 9.15 Å². The maximum absolute atomic E-state index is 12.1. The van der Waals surface area contributed by atoms with Crippen LogP contribution in [-0.2, 0) is 9.53 Å². The minimum absolute atomic E-state index is 0.0331. The molecule has 8 nitrogen and oxygen atoms in total. The summed E-state index contributed by atoms with van der Waals surface area (Å²) in [6.07, 6.45) is -1.13. The van der Waals surface area contributed by atoms with Gasteiger partial charge in [0.2, 0.25) is 0 Å². The third-order valence-electron chi connectivity index (χ3n) is 3.27. The Hall–Kier alpha value is -3.16. The number of ether oxygens (including phenoxy) is 1. The fraction of sp³-hybridized carbons (Fsp3) is 0.250.